The van der Waals surface area contributed by atoms with Gasteiger partial charge in [-0.05, 0) is 54.1 Å². The lowest BCUT2D eigenvalue weighted by Crippen LogP contribution is -2.46. The van der Waals surface area contributed by atoms with Gasteiger partial charge in [0.1, 0.15) is 6.04 Å². The zero-order chi connectivity index (χ0) is 27.2. The van der Waals surface area contributed by atoms with Crippen molar-refractivity contribution >= 4 is 29.3 Å². The quantitative estimate of drug-likeness (QED) is 0.250. The number of carbonyl (C=O) groups is 2. The fourth-order valence-corrected chi connectivity index (χ4v) is 4.96. The Labute approximate surface area is 228 Å². The van der Waals surface area contributed by atoms with Crippen LogP contribution < -0.4 is 19.7 Å². The minimum atomic E-state index is -3.29. The van der Waals surface area contributed by atoms with Crippen LogP contribution >= 0.6 is 11.8 Å². The molecule has 0 fully saturated rings. The highest BCUT2D eigenvalue weighted by Gasteiger charge is 2.37. The van der Waals surface area contributed by atoms with Gasteiger partial charge in [-0.2, -0.15) is 8.78 Å². The summed E-state index contributed by atoms with van der Waals surface area (Å²) in [5.41, 5.74) is 1.14. The van der Waals surface area contributed by atoms with Crippen molar-refractivity contribution in [2.45, 2.75) is 16.2 Å². The standard InChI is InChI=1S/C30H24F2N2O4S/c31-30(32,39-24-14-8-3-9-15-24)19-33-28(35)27(22-16-17-25-26(18-22)38-20-37-25)34(23-12-6-2-7-13-23)29(36)21-10-4-1-5-11-21/h1-18,27H,19-20H2,(H,33,35). The molecule has 1 aliphatic heterocycles. The first kappa shape index (κ1) is 26.2. The number of ether oxygens (including phenoxy) is 2. The highest BCUT2D eigenvalue weighted by atomic mass is 32.2. The molecule has 1 unspecified atom stereocenters. The summed E-state index contributed by atoms with van der Waals surface area (Å²) in [6.07, 6.45) is 0. The molecule has 6 nitrogen and oxygen atoms in total. The number of amides is 2. The van der Waals surface area contributed by atoms with E-state index in [-0.39, 0.29) is 6.79 Å². The van der Waals surface area contributed by atoms with Gasteiger partial charge < -0.3 is 14.8 Å². The zero-order valence-electron chi connectivity index (χ0n) is 20.6. The first-order valence-corrected chi connectivity index (χ1v) is 13.0. The van der Waals surface area contributed by atoms with Crippen molar-refractivity contribution in [1.29, 1.82) is 0 Å². The molecule has 2 amide bonds. The third kappa shape index (κ3) is 6.21. The molecule has 5 rings (SSSR count). The number of anilines is 1. The summed E-state index contributed by atoms with van der Waals surface area (Å²) in [6.45, 7) is -0.918. The first-order chi connectivity index (χ1) is 18.9. The van der Waals surface area contributed by atoms with Crippen LogP contribution in [0.15, 0.2) is 114 Å². The van der Waals surface area contributed by atoms with Gasteiger partial charge in [0.15, 0.2) is 11.5 Å². The predicted molar refractivity (Wildman–Crippen MR) is 145 cm³/mol. The predicted octanol–water partition coefficient (Wildman–Crippen LogP) is 6.30. The van der Waals surface area contributed by atoms with Crippen LogP contribution in [0, 0.1) is 0 Å². The van der Waals surface area contributed by atoms with Gasteiger partial charge in [-0.25, -0.2) is 0 Å². The Hall–Kier alpha value is -4.37. The zero-order valence-corrected chi connectivity index (χ0v) is 21.4. The second kappa shape index (κ2) is 11.6. The normalized spacial score (nSPS) is 13.0. The van der Waals surface area contributed by atoms with E-state index in [1.165, 1.54) is 4.90 Å². The molecule has 9 heteroatoms. The van der Waals surface area contributed by atoms with Gasteiger partial charge in [0.25, 0.3) is 5.91 Å². The molecule has 0 saturated heterocycles. The van der Waals surface area contributed by atoms with Crippen LogP contribution in [0.2, 0.25) is 0 Å². The molecule has 4 aromatic rings. The molecular formula is C30H24F2N2O4S. The summed E-state index contributed by atoms with van der Waals surface area (Å²) < 4.78 is 40.7. The van der Waals surface area contributed by atoms with Crippen molar-refractivity contribution in [3.63, 3.8) is 0 Å². The lowest BCUT2D eigenvalue weighted by molar-refractivity contribution is -0.123. The summed E-state index contributed by atoms with van der Waals surface area (Å²) in [5.74, 6) is -0.347. The average molecular weight is 547 g/mol. The average Bonchev–Trinajstić information content (AvgIpc) is 3.44. The van der Waals surface area contributed by atoms with Crippen molar-refractivity contribution in [3.05, 3.63) is 120 Å². The molecular weight excluding hydrogens is 522 g/mol. The molecule has 39 heavy (non-hydrogen) atoms. The maximum Gasteiger partial charge on any atom is 0.315 e. The Morgan fingerprint density at radius 3 is 2.15 bits per heavy atom. The van der Waals surface area contributed by atoms with Gasteiger partial charge in [-0.15, -0.1) is 0 Å². The number of nitrogens with one attached hydrogen (secondary N) is 1. The smallest absolute Gasteiger partial charge is 0.315 e. The van der Waals surface area contributed by atoms with E-state index in [0.29, 0.717) is 45.0 Å². The second-order valence-electron chi connectivity index (χ2n) is 8.66. The summed E-state index contributed by atoms with van der Waals surface area (Å²) in [5, 5.41) is -0.904. The van der Waals surface area contributed by atoms with Gasteiger partial charge in [0, 0.05) is 16.1 Å². The summed E-state index contributed by atoms with van der Waals surface area (Å²) in [7, 11) is 0. The molecule has 0 radical (unpaired) electrons. The lowest BCUT2D eigenvalue weighted by Gasteiger charge is -2.32. The number of para-hydroxylation sites is 1. The maximum absolute atomic E-state index is 14.9. The Bertz CT molecular complexity index is 1440. The topological polar surface area (TPSA) is 67.9 Å². The van der Waals surface area contributed by atoms with Gasteiger partial charge in [0.05, 0.1) is 6.54 Å². The molecule has 4 aromatic carbocycles. The number of benzene rings is 4. The van der Waals surface area contributed by atoms with Crippen LogP contribution in [-0.4, -0.2) is 30.4 Å². The highest BCUT2D eigenvalue weighted by Crippen LogP contribution is 2.38. The van der Waals surface area contributed by atoms with E-state index in [2.05, 4.69) is 5.32 Å². The Kier molecular flexibility index (Phi) is 7.79. The molecule has 1 atom stereocenters. The van der Waals surface area contributed by atoms with Gasteiger partial charge in [-0.1, -0.05) is 72.4 Å². The summed E-state index contributed by atoms with van der Waals surface area (Å²) in [4.78, 5) is 29.3. The highest BCUT2D eigenvalue weighted by molar-refractivity contribution is 8.00. The number of hydrogen-bond acceptors (Lipinski definition) is 5. The molecule has 0 bridgehead atoms. The monoisotopic (exact) mass is 546 g/mol. The van der Waals surface area contributed by atoms with Crippen LogP contribution in [-0.2, 0) is 4.79 Å². The van der Waals surface area contributed by atoms with E-state index in [9.17, 15) is 18.4 Å². The lowest BCUT2D eigenvalue weighted by atomic mass is 10.0. The Balaban J connectivity index is 1.51. The molecule has 0 spiro atoms. The summed E-state index contributed by atoms with van der Waals surface area (Å²) in [6, 6.07) is 28.9. The van der Waals surface area contributed by atoms with E-state index >= 15 is 0 Å². The molecule has 1 heterocycles. The minimum absolute atomic E-state index is 0.0178. The fourth-order valence-electron chi connectivity index (χ4n) is 4.18. The van der Waals surface area contributed by atoms with Crippen molar-refractivity contribution in [2.24, 2.45) is 0 Å². The molecule has 1 aliphatic rings. The second-order valence-corrected chi connectivity index (χ2v) is 9.94. The minimum Gasteiger partial charge on any atom is -0.454 e. The molecule has 1 N–H and O–H groups in total. The van der Waals surface area contributed by atoms with Crippen LogP contribution in [0.25, 0.3) is 0 Å². The van der Waals surface area contributed by atoms with Gasteiger partial charge >= 0.3 is 5.25 Å². The van der Waals surface area contributed by atoms with E-state index in [0.717, 1.165) is 0 Å². The third-order valence-corrected chi connectivity index (χ3v) is 6.92. The van der Waals surface area contributed by atoms with Crippen LogP contribution in [0.1, 0.15) is 22.0 Å². The van der Waals surface area contributed by atoms with Gasteiger partial charge in [0.2, 0.25) is 12.7 Å². The van der Waals surface area contributed by atoms with E-state index in [1.54, 1.807) is 109 Å². The number of halogens is 2. The van der Waals surface area contributed by atoms with E-state index in [4.69, 9.17) is 9.47 Å². The molecule has 198 valence electrons. The number of thioether (sulfide) groups is 1. The Morgan fingerprint density at radius 2 is 1.46 bits per heavy atom. The van der Waals surface area contributed by atoms with Crippen LogP contribution in [0.3, 0.4) is 0 Å². The van der Waals surface area contributed by atoms with Crippen molar-refractivity contribution in [3.8, 4) is 11.5 Å². The molecule has 0 saturated carbocycles. The summed E-state index contributed by atoms with van der Waals surface area (Å²) >= 11 is 0.355. The van der Waals surface area contributed by atoms with Crippen molar-refractivity contribution in [1.82, 2.24) is 5.32 Å². The maximum atomic E-state index is 14.9. The van der Waals surface area contributed by atoms with E-state index in [1.807, 2.05) is 0 Å². The number of rotatable bonds is 9. The number of fused-ring (bicyclic) bond motifs is 1. The molecule has 0 aliphatic carbocycles. The fraction of sp³-hybridized carbons (Fsp3) is 0.133. The van der Waals surface area contributed by atoms with Crippen molar-refractivity contribution < 1.29 is 27.8 Å². The van der Waals surface area contributed by atoms with Crippen molar-refractivity contribution in [2.75, 3.05) is 18.2 Å². The first-order valence-electron chi connectivity index (χ1n) is 12.1. The van der Waals surface area contributed by atoms with E-state index < -0.39 is 29.7 Å². The number of carbonyl (C=O) groups excluding carboxylic acids is 2. The number of hydrogen-bond donors (Lipinski definition) is 1. The van der Waals surface area contributed by atoms with Gasteiger partial charge in [-0.3, -0.25) is 14.5 Å². The third-order valence-electron chi connectivity index (χ3n) is 5.97. The SMILES string of the molecule is O=C(NCC(F)(F)Sc1ccccc1)C(c1ccc2c(c1)OCO2)N(C(=O)c1ccccc1)c1ccccc1. The largest absolute Gasteiger partial charge is 0.454 e. The van der Waals surface area contributed by atoms with Crippen LogP contribution in [0.4, 0.5) is 14.5 Å². The number of alkyl halides is 2. The Morgan fingerprint density at radius 1 is 0.846 bits per heavy atom. The molecule has 0 aromatic heterocycles. The number of nitrogens with zero attached hydrogens (tertiary/aromatic N) is 1. The van der Waals surface area contributed by atoms with Crippen LogP contribution in [0.5, 0.6) is 11.5 Å².